The number of urea groups is 2. The number of likely N-dealkylation sites (tertiary alicyclic amines) is 2. The molecule has 0 atom stereocenters. The summed E-state index contributed by atoms with van der Waals surface area (Å²) in [6.07, 6.45) is -0.841. The third kappa shape index (κ3) is 3.72. The van der Waals surface area contributed by atoms with Gasteiger partial charge < -0.3 is 20.4 Å². The Labute approximate surface area is 160 Å². The Morgan fingerprint density at radius 1 is 1.21 bits per heavy atom. The summed E-state index contributed by atoms with van der Waals surface area (Å²) in [5, 5.41) is 5.59. The number of nitrogens with one attached hydrogen (secondary N) is 2. The Hall–Kier alpha value is -2.52. The topological polar surface area (TPSA) is 77.6 Å². The van der Waals surface area contributed by atoms with Gasteiger partial charge in [-0.25, -0.2) is 9.59 Å². The number of carbonyl (C=O) groups excluding carboxylic acids is 2. The van der Waals surface area contributed by atoms with E-state index in [0.29, 0.717) is 45.1 Å². The number of hydrogen-bond acceptors (Lipinski definition) is 3. The summed E-state index contributed by atoms with van der Waals surface area (Å²) in [7, 11) is 0. The average molecular weight is 397 g/mol. The van der Waals surface area contributed by atoms with Crippen molar-refractivity contribution in [3.63, 3.8) is 0 Å². The standard InChI is InChI=1S/C18H22F3N5O2/c19-18(20,21)14-2-1-13(8-22-14)7-12-3-5-25(6-4-12)16(28)26-10-17(11-26)9-23-15(27)24-17/h1-2,8,12H,3-7,9-11H2,(H2,23,24,27). The van der Waals surface area contributed by atoms with Crippen LogP contribution < -0.4 is 10.6 Å². The molecule has 1 aromatic heterocycles. The van der Waals surface area contributed by atoms with Gasteiger partial charge in [0, 0.05) is 38.9 Å². The van der Waals surface area contributed by atoms with Crippen molar-refractivity contribution in [2.24, 2.45) is 5.92 Å². The van der Waals surface area contributed by atoms with Crippen molar-refractivity contribution in [3.05, 3.63) is 29.6 Å². The molecule has 0 aliphatic carbocycles. The number of piperidine rings is 1. The van der Waals surface area contributed by atoms with Crippen LogP contribution in [0, 0.1) is 5.92 Å². The normalized spacial score (nSPS) is 22.0. The van der Waals surface area contributed by atoms with Gasteiger partial charge in [-0.1, -0.05) is 6.07 Å². The Morgan fingerprint density at radius 2 is 1.93 bits per heavy atom. The Kier molecular flexibility index (Phi) is 4.59. The van der Waals surface area contributed by atoms with Crippen LogP contribution in [0.5, 0.6) is 0 Å². The van der Waals surface area contributed by atoms with Gasteiger partial charge in [0.15, 0.2) is 0 Å². The van der Waals surface area contributed by atoms with E-state index in [1.54, 1.807) is 4.90 Å². The SMILES string of the molecule is O=C1NCC2(CN(C(=O)N3CCC(Cc4ccc(C(F)(F)F)nc4)CC3)C2)N1. The van der Waals surface area contributed by atoms with E-state index in [1.807, 2.05) is 4.90 Å². The van der Waals surface area contributed by atoms with Crippen LogP contribution >= 0.6 is 0 Å². The smallest absolute Gasteiger partial charge is 0.336 e. The summed E-state index contributed by atoms with van der Waals surface area (Å²) in [6.45, 7) is 2.83. The molecule has 152 valence electrons. The summed E-state index contributed by atoms with van der Waals surface area (Å²) in [4.78, 5) is 31.0. The number of hydrogen-bond donors (Lipinski definition) is 2. The third-order valence-corrected chi connectivity index (χ3v) is 5.75. The van der Waals surface area contributed by atoms with Gasteiger partial charge in [-0.15, -0.1) is 0 Å². The molecule has 10 heteroatoms. The zero-order valence-electron chi connectivity index (χ0n) is 15.3. The summed E-state index contributed by atoms with van der Waals surface area (Å²) in [6, 6.07) is 2.30. The molecule has 3 aliphatic rings. The maximum absolute atomic E-state index is 12.6. The number of carbonyl (C=O) groups is 2. The van der Waals surface area contributed by atoms with Crippen LogP contribution in [0.25, 0.3) is 0 Å². The largest absolute Gasteiger partial charge is 0.433 e. The molecule has 0 unspecified atom stereocenters. The second kappa shape index (κ2) is 6.82. The van der Waals surface area contributed by atoms with Crippen LogP contribution in [0.2, 0.25) is 0 Å². The highest BCUT2D eigenvalue weighted by Gasteiger charge is 2.50. The number of rotatable bonds is 2. The Morgan fingerprint density at radius 3 is 2.46 bits per heavy atom. The predicted molar refractivity (Wildman–Crippen MR) is 93.5 cm³/mol. The van der Waals surface area contributed by atoms with Gasteiger partial charge in [-0.05, 0) is 36.8 Å². The van der Waals surface area contributed by atoms with E-state index in [-0.39, 0.29) is 17.6 Å². The highest BCUT2D eigenvalue weighted by molar-refractivity contribution is 5.80. The minimum Gasteiger partial charge on any atom is -0.336 e. The van der Waals surface area contributed by atoms with E-state index in [2.05, 4.69) is 15.6 Å². The minimum absolute atomic E-state index is 0.0126. The van der Waals surface area contributed by atoms with Crippen molar-refractivity contribution < 1.29 is 22.8 Å². The number of alkyl halides is 3. The maximum atomic E-state index is 12.6. The summed E-state index contributed by atoms with van der Waals surface area (Å²) in [5.74, 6) is 0.323. The first-order valence-corrected chi connectivity index (χ1v) is 9.36. The number of aromatic nitrogens is 1. The van der Waals surface area contributed by atoms with Crippen molar-refractivity contribution in [3.8, 4) is 0 Å². The average Bonchev–Trinajstić information content (AvgIpc) is 3.02. The van der Waals surface area contributed by atoms with Gasteiger partial charge in [-0.2, -0.15) is 13.2 Å². The third-order valence-electron chi connectivity index (χ3n) is 5.75. The summed E-state index contributed by atoms with van der Waals surface area (Å²) in [5.41, 5.74) is -0.412. The fourth-order valence-corrected chi connectivity index (χ4v) is 4.16. The summed E-state index contributed by atoms with van der Waals surface area (Å²) < 4.78 is 37.8. The van der Waals surface area contributed by atoms with Crippen molar-refractivity contribution in [2.75, 3.05) is 32.7 Å². The van der Waals surface area contributed by atoms with E-state index >= 15 is 0 Å². The monoisotopic (exact) mass is 397 g/mol. The molecule has 2 N–H and O–H groups in total. The molecule has 3 aliphatic heterocycles. The highest BCUT2D eigenvalue weighted by Crippen LogP contribution is 2.29. The Bertz CT molecular complexity index is 753. The lowest BCUT2D eigenvalue weighted by Crippen LogP contribution is -2.71. The molecule has 0 saturated carbocycles. The van der Waals surface area contributed by atoms with Crippen molar-refractivity contribution >= 4 is 12.1 Å². The number of amides is 4. The van der Waals surface area contributed by atoms with Gasteiger partial charge in [0.1, 0.15) is 5.69 Å². The molecule has 0 bridgehead atoms. The van der Waals surface area contributed by atoms with Crippen molar-refractivity contribution in [1.82, 2.24) is 25.4 Å². The first-order valence-electron chi connectivity index (χ1n) is 9.36. The van der Waals surface area contributed by atoms with Crippen LogP contribution in [0.3, 0.4) is 0 Å². The van der Waals surface area contributed by atoms with E-state index in [9.17, 15) is 22.8 Å². The Balaban J connectivity index is 1.24. The zero-order chi connectivity index (χ0) is 19.9. The van der Waals surface area contributed by atoms with E-state index in [1.165, 1.54) is 12.3 Å². The van der Waals surface area contributed by atoms with Gasteiger partial charge >= 0.3 is 18.2 Å². The molecule has 7 nitrogen and oxygen atoms in total. The fraction of sp³-hybridized carbons (Fsp3) is 0.611. The van der Waals surface area contributed by atoms with Gasteiger partial charge in [0.05, 0.1) is 5.54 Å². The summed E-state index contributed by atoms with van der Waals surface area (Å²) >= 11 is 0. The van der Waals surface area contributed by atoms with Crippen LogP contribution in [-0.4, -0.2) is 65.1 Å². The second-order valence-electron chi connectivity index (χ2n) is 7.91. The lowest BCUT2D eigenvalue weighted by Gasteiger charge is -2.49. The second-order valence-corrected chi connectivity index (χ2v) is 7.91. The molecular weight excluding hydrogens is 375 g/mol. The molecule has 0 radical (unpaired) electrons. The van der Waals surface area contributed by atoms with Gasteiger partial charge in [0.2, 0.25) is 0 Å². The molecule has 0 aromatic carbocycles. The van der Waals surface area contributed by atoms with E-state index in [0.717, 1.165) is 24.5 Å². The zero-order valence-corrected chi connectivity index (χ0v) is 15.3. The van der Waals surface area contributed by atoms with Gasteiger partial charge in [0.25, 0.3) is 0 Å². The van der Waals surface area contributed by atoms with Crippen LogP contribution in [-0.2, 0) is 12.6 Å². The first kappa shape index (κ1) is 18.8. The lowest BCUT2D eigenvalue weighted by atomic mass is 9.89. The van der Waals surface area contributed by atoms with Crippen molar-refractivity contribution in [2.45, 2.75) is 31.0 Å². The van der Waals surface area contributed by atoms with Crippen LogP contribution in [0.4, 0.5) is 22.8 Å². The molecule has 3 saturated heterocycles. The number of nitrogens with zero attached hydrogens (tertiary/aromatic N) is 3. The molecule has 4 heterocycles. The fourth-order valence-electron chi connectivity index (χ4n) is 4.16. The molecule has 28 heavy (non-hydrogen) atoms. The minimum atomic E-state index is -4.42. The van der Waals surface area contributed by atoms with Crippen molar-refractivity contribution in [1.29, 1.82) is 0 Å². The molecule has 3 fully saturated rings. The molecular formula is C18H22F3N5O2. The highest BCUT2D eigenvalue weighted by atomic mass is 19.4. The molecule has 4 rings (SSSR count). The van der Waals surface area contributed by atoms with Crippen LogP contribution in [0.1, 0.15) is 24.1 Å². The molecule has 4 amide bonds. The van der Waals surface area contributed by atoms with E-state index < -0.39 is 11.9 Å². The lowest BCUT2D eigenvalue weighted by molar-refractivity contribution is -0.141. The van der Waals surface area contributed by atoms with E-state index in [4.69, 9.17) is 0 Å². The molecule has 1 spiro atoms. The quantitative estimate of drug-likeness (QED) is 0.800. The van der Waals surface area contributed by atoms with Gasteiger partial charge in [-0.3, -0.25) is 4.98 Å². The predicted octanol–water partition coefficient (Wildman–Crippen LogP) is 1.84. The van der Waals surface area contributed by atoms with Crippen LogP contribution in [0.15, 0.2) is 18.3 Å². The number of halogens is 3. The number of pyridine rings is 1. The maximum Gasteiger partial charge on any atom is 0.433 e. The first-order chi connectivity index (χ1) is 13.2. The molecule has 1 aromatic rings.